The van der Waals surface area contributed by atoms with Gasteiger partial charge in [0.25, 0.3) is 5.91 Å². The van der Waals surface area contributed by atoms with E-state index in [0.717, 1.165) is 36.6 Å². The van der Waals surface area contributed by atoms with Crippen LogP contribution in [0.25, 0.3) is 10.9 Å². The topological polar surface area (TPSA) is 65.1 Å². The van der Waals surface area contributed by atoms with Gasteiger partial charge in [-0.2, -0.15) is 0 Å². The fourth-order valence-electron chi connectivity index (χ4n) is 2.88. The molecule has 0 radical (unpaired) electrons. The van der Waals surface area contributed by atoms with Crippen LogP contribution in [0.5, 0.6) is 0 Å². The van der Waals surface area contributed by atoms with Gasteiger partial charge in [-0.05, 0) is 37.1 Å². The van der Waals surface area contributed by atoms with E-state index < -0.39 is 5.54 Å². The lowest BCUT2D eigenvalue weighted by atomic mass is 9.98. The van der Waals surface area contributed by atoms with Crippen molar-refractivity contribution in [1.29, 1.82) is 0 Å². The minimum Gasteiger partial charge on any atom is -0.394 e. The van der Waals surface area contributed by atoms with E-state index in [1.54, 1.807) is 0 Å². The molecule has 0 unspecified atom stereocenters. The second kappa shape index (κ2) is 4.70. The predicted octanol–water partition coefficient (Wildman–Crippen LogP) is 2.20. The molecule has 0 aliphatic heterocycles. The van der Waals surface area contributed by atoms with Crippen molar-refractivity contribution in [2.24, 2.45) is 0 Å². The van der Waals surface area contributed by atoms with E-state index in [9.17, 15) is 9.90 Å². The number of aliphatic hydroxyl groups is 1. The molecule has 1 amide bonds. The Morgan fingerprint density at radius 1 is 1.32 bits per heavy atom. The van der Waals surface area contributed by atoms with Gasteiger partial charge >= 0.3 is 0 Å². The standard InChI is InChI=1S/C15H18N2O2/c18-10-15(6-1-2-7-15)17-14(19)12-3-4-13-11(9-12)5-8-16-13/h3-5,8-9,16,18H,1-2,6-7,10H2,(H,17,19). The molecule has 100 valence electrons. The lowest BCUT2D eigenvalue weighted by Gasteiger charge is -2.28. The summed E-state index contributed by atoms with van der Waals surface area (Å²) in [4.78, 5) is 15.4. The summed E-state index contributed by atoms with van der Waals surface area (Å²) in [5.41, 5.74) is 1.26. The molecule has 2 aromatic rings. The van der Waals surface area contributed by atoms with Crippen LogP contribution in [0.1, 0.15) is 36.0 Å². The van der Waals surface area contributed by atoms with Crippen LogP contribution in [-0.2, 0) is 0 Å². The zero-order valence-corrected chi connectivity index (χ0v) is 10.8. The average molecular weight is 258 g/mol. The van der Waals surface area contributed by atoms with Crippen molar-refractivity contribution < 1.29 is 9.90 Å². The van der Waals surface area contributed by atoms with Crippen LogP contribution >= 0.6 is 0 Å². The smallest absolute Gasteiger partial charge is 0.251 e. The van der Waals surface area contributed by atoms with Crippen LogP contribution in [0.2, 0.25) is 0 Å². The van der Waals surface area contributed by atoms with E-state index in [-0.39, 0.29) is 12.5 Å². The van der Waals surface area contributed by atoms with E-state index in [1.165, 1.54) is 0 Å². The first-order valence-electron chi connectivity index (χ1n) is 6.73. The number of aliphatic hydroxyl groups excluding tert-OH is 1. The Morgan fingerprint density at radius 3 is 2.84 bits per heavy atom. The first kappa shape index (κ1) is 12.2. The highest BCUT2D eigenvalue weighted by atomic mass is 16.3. The minimum atomic E-state index is -0.413. The number of aromatic amines is 1. The van der Waals surface area contributed by atoms with Crippen molar-refractivity contribution in [2.45, 2.75) is 31.2 Å². The maximum atomic E-state index is 12.3. The normalized spacial score (nSPS) is 17.7. The minimum absolute atomic E-state index is 0.0190. The summed E-state index contributed by atoms with van der Waals surface area (Å²) < 4.78 is 0. The van der Waals surface area contributed by atoms with Gasteiger partial charge in [-0.3, -0.25) is 4.79 Å². The highest BCUT2D eigenvalue weighted by Gasteiger charge is 2.34. The van der Waals surface area contributed by atoms with Crippen LogP contribution in [0.3, 0.4) is 0 Å². The molecule has 1 fully saturated rings. The molecule has 3 N–H and O–H groups in total. The van der Waals surface area contributed by atoms with E-state index >= 15 is 0 Å². The van der Waals surface area contributed by atoms with Crippen molar-refractivity contribution in [2.75, 3.05) is 6.61 Å². The second-order valence-electron chi connectivity index (χ2n) is 5.38. The number of H-pyrrole nitrogens is 1. The van der Waals surface area contributed by atoms with Crippen LogP contribution in [0.15, 0.2) is 30.5 Å². The maximum Gasteiger partial charge on any atom is 0.251 e. The number of nitrogens with one attached hydrogen (secondary N) is 2. The van der Waals surface area contributed by atoms with Gasteiger partial charge in [-0.25, -0.2) is 0 Å². The predicted molar refractivity (Wildman–Crippen MR) is 74.0 cm³/mol. The molecule has 1 saturated carbocycles. The van der Waals surface area contributed by atoms with Crippen LogP contribution < -0.4 is 5.32 Å². The van der Waals surface area contributed by atoms with Crippen molar-refractivity contribution in [3.63, 3.8) is 0 Å². The third-order valence-electron chi connectivity index (χ3n) is 4.06. The Bertz CT molecular complexity index is 597. The average Bonchev–Trinajstić information content (AvgIpc) is 3.06. The number of carbonyl (C=O) groups excluding carboxylic acids is 1. The summed E-state index contributed by atoms with van der Waals surface area (Å²) in [6.07, 6.45) is 5.72. The molecule has 0 atom stereocenters. The maximum absolute atomic E-state index is 12.3. The van der Waals surface area contributed by atoms with Gasteiger partial charge in [-0.15, -0.1) is 0 Å². The number of benzene rings is 1. The number of rotatable bonds is 3. The molecule has 0 spiro atoms. The Hall–Kier alpha value is -1.81. The van der Waals surface area contributed by atoms with E-state index in [1.807, 2.05) is 30.5 Å². The molecule has 0 saturated heterocycles. The van der Waals surface area contributed by atoms with Gasteiger partial charge in [0.05, 0.1) is 12.1 Å². The number of aromatic nitrogens is 1. The van der Waals surface area contributed by atoms with Crippen LogP contribution in [0, 0.1) is 0 Å². The third-order valence-corrected chi connectivity index (χ3v) is 4.06. The summed E-state index contributed by atoms with van der Waals surface area (Å²) in [6, 6.07) is 7.55. The molecule has 3 rings (SSSR count). The molecule has 0 bridgehead atoms. The molecule has 1 heterocycles. The summed E-state index contributed by atoms with van der Waals surface area (Å²) in [7, 11) is 0. The third kappa shape index (κ3) is 2.24. The Kier molecular flexibility index (Phi) is 3.03. The van der Waals surface area contributed by atoms with E-state index in [4.69, 9.17) is 0 Å². The number of amides is 1. The van der Waals surface area contributed by atoms with Crippen LogP contribution in [-0.4, -0.2) is 28.1 Å². The molecule has 1 aliphatic carbocycles. The van der Waals surface area contributed by atoms with E-state index in [2.05, 4.69) is 10.3 Å². The molecule has 19 heavy (non-hydrogen) atoms. The van der Waals surface area contributed by atoms with Gasteiger partial charge in [0.2, 0.25) is 0 Å². The van der Waals surface area contributed by atoms with Gasteiger partial charge < -0.3 is 15.4 Å². The SMILES string of the molecule is O=C(NC1(CO)CCCC1)c1ccc2[nH]ccc2c1. The quantitative estimate of drug-likeness (QED) is 0.790. The number of fused-ring (bicyclic) bond motifs is 1. The van der Waals surface area contributed by atoms with Gasteiger partial charge in [0.15, 0.2) is 0 Å². The van der Waals surface area contributed by atoms with Gasteiger partial charge in [-0.1, -0.05) is 12.8 Å². The van der Waals surface area contributed by atoms with E-state index in [0.29, 0.717) is 5.56 Å². The largest absolute Gasteiger partial charge is 0.394 e. The molecular weight excluding hydrogens is 240 g/mol. The van der Waals surface area contributed by atoms with Gasteiger partial charge in [0.1, 0.15) is 0 Å². The Balaban J connectivity index is 1.82. The monoisotopic (exact) mass is 258 g/mol. The first-order valence-corrected chi connectivity index (χ1v) is 6.73. The lowest BCUT2D eigenvalue weighted by Crippen LogP contribution is -2.49. The number of carbonyl (C=O) groups is 1. The van der Waals surface area contributed by atoms with Crippen molar-refractivity contribution in [3.05, 3.63) is 36.0 Å². The molecule has 4 nitrogen and oxygen atoms in total. The summed E-state index contributed by atoms with van der Waals surface area (Å²) in [5, 5.41) is 13.6. The molecule has 1 aliphatic rings. The zero-order chi connectivity index (χ0) is 13.3. The van der Waals surface area contributed by atoms with Gasteiger partial charge in [0, 0.05) is 22.7 Å². The fourth-order valence-corrected chi connectivity index (χ4v) is 2.88. The Morgan fingerprint density at radius 2 is 2.11 bits per heavy atom. The highest BCUT2D eigenvalue weighted by Crippen LogP contribution is 2.29. The molecule has 4 heteroatoms. The molecule has 1 aromatic heterocycles. The number of hydrogen-bond donors (Lipinski definition) is 3. The van der Waals surface area contributed by atoms with Crippen molar-refractivity contribution in [3.8, 4) is 0 Å². The second-order valence-corrected chi connectivity index (χ2v) is 5.38. The van der Waals surface area contributed by atoms with Crippen LogP contribution in [0.4, 0.5) is 0 Å². The van der Waals surface area contributed by atoms with Crippen molar-refractivity contribution in [1.82, 2.24) is 10.3 Å². The number of hydrogen-bond acceptors (Lipinski definition) is 2. The Labute approximate surface area is 111 Å². The fraction of sp³-hybridized carbons (Fsp3) is 0.400. The summed E-state index contributed by atoms with van der Waals surface area (Å²) in [6.45, 7) is 0.0190. The van der Waals surface area contributed by atoms with Crippen molar-refractivity contribution >= 4 is 16.8 Å². The summed E-state index contributed by atoms with van der Waals surface area (Å²) in [5.74, 6) is -0.0981. The molecule has 1 aromatic carbocycles. The highest BCUT2D eigenvalue weighted by molar-refractivity contribution is 5.98. The molecular formula is C15H18N2O2. The first-order chi connectivity index (χ1) is 9.22. The zero-order valence-electron chi connectivity index (χ0n) is 10.8. The lowest BCUT2D eigenvalue weighted by molar-refractivity contribution is 0.0838. The summed E-state index contributed by atoms with van der Waals surface area (Å²) >= 11 is 0.